The molecule has 9 aliphatic rings. The van der Waals surface area contributed by atoms with Gasteiger partial charge in [0.1, 0.15) is 73.2 Å². The van der Waals surface area contributed by atoms with Crippen molar-refractivity contribution < 1.29 is 108 Å². The average Bonchev–Trinajstić information content (AvgIpc) is 3.40. The first-order valence-electron chi connectivity index (χ1n) is 29.4. The van der Waals surface area contributed by atoms with E-state index >= 15 is 4.79 Å². The van der Waals surface area contributed by atoms with E-state index in [4.69, 9.17) is 42.6 Å². The molecule has 4 saturated carbocycles. The van der Waals surface area contributed by atoms with E-state index in [2.05, 4.69) is 54.5 Å². The summed E-state index contributed by atoms with van der Waals surface area (Å²) in [7, 11) is 0. The molecule has 22 heteroatoms. The molecule has 9 rings (SSSR count). The molecule has 4 heterocycles. The van der Waals surface area contributed by atoms with Crippen molar-refractivity contribution in [1.82, 2.24) is 0 Å². The molecule has 4 aliphatic heterocycles. The van der Waals surface area contributed by atoms with Gasteiger partial charge in [-0.05, 0) is 122 Å². The standard InChI is InChI=1S/C58H94O22/c1-26(2)21-36(62)77-46-37(63)27(3)73-50(44(46)70)80-52(71)58-19-17-53(4,5)22-29(58)28-11-12-34-55(8)15-14-35(54(6,7)33(55)13-16-57(34,10)56(28,9)18-20-58)76-51-47(79-48-41(67)38(64)30(61)25-72-48)43(69)45(32(24-60)75-51)78-49-42(68)40(66)39(65)31(23-59)74-49/h11,26-27,29-35,37-51,59-61,63-70H,12-25H2,1-10H3. The highest BCUT2D eigenvalue weighted by atomic mass is 16.8. The highest BCUT2D eigenvalue weighted by molar-refractivity contribution is 5.79. The van der Waals surface area contributed by atoms with E-state index < -0.39 is 165 Å². The van der Waals surface area contributed by atoms with Gasteiger partial charge in [0.05, 0.1) is 37.4 Å². The fraction of sp³-hybridized carbons (Fsp3) is 0.931. The van der Waals surface area contributed by atoms with Crippen molar-refractivity contribution in [2.45, 2.75) is 263 Å². The second kappa shape index (κ2) is 23.0. The number of rotatable bonds is 13. The largest absolute Gasteiger partial charge is 0.456 e. The van der Waals surface area contributed by atoms with Crippen LogP contribution in [0.4, 0.5) is 0 Å². The Morgan fingerprint density at radius 1 is 0.625 bits per heavy atom. The number of ether oxygens (including phenoxy) is 9. The minimum Gasteiger partial charge on any atom is -0.456 e. The third-order valence-electron chi connectivity index (χ3n) is 21.8. The third-order valence-corrected chi connectivity index (χ3v) is 21.8. The Hall–Kier alpha value is -2.04. The second-order valence-corrected chi connectivity index (χ2v) is 27.9. The Balaban J connectivity index is 0.957. The number of fused-ring (bicyclic) bond motifs is 7. The fourth-order valence-electron chi connectivity index (χ4n) is 16.8. The van der Waals surface area contributed by atoms with Crippen LogP contribution in [-0.2, 0) is 52.2 Å². The van der Waals surface area contributed by atoms with Crippen molar-refractivity contribution in [1.29, 1.82) is 0 Å². The van der Waals surface area contributed by atoms with Gasteiger partial charge in [-0.15, -0.1) is 0 Å². The van der Waals surface area contributed by atoms with Crippen molar-refractivity contribution in [3.63, 3.8) is 0 Å². The first-order valence-corrected chi connectivity index (χ1v) is 29.4. The zero-order valence-electron chi connectivity index (χ0n) is 48.2. The van der Waals surface area contributed by atoms with E-state index in [0.29, 0.717) is 19.3 Å². The first kappa shape index (κ1) is 62.5. The number of carbonyl (C=O) groups excluding carboxylic acids is 2. The number of hydrogen-bond acceptors (Lipinski definition) is 22. The summed E-state index contributed by atoms with van der Waals surface area (Å²) < 4.78 is 54.6. The van der Waals surface area contributed by atoms with E-state index in [0.717, 1.165) is 44.9 Å². The maximum absolute atomic E-state index is 15.1. The Bertz CT molecular complexity index is 2230. The fourth-order valence-corrected chi connectivity index (χ4v) is 16.8. The van der Waals surface area contributed by atoms with Crippen LogP contribution in [0.15, 0.2) is 11.6 Å². The van der Waals surface area contributed by atoms with Gasteiger partial charge in [-0.25, -0.2) is 0 Å². The smallest absolute Gasteiger partial charge is 0.315 e. The minimum absolute atomic E-state index is 0.0112. The summed E-state index contributed by atoms with van der Waals surface area (Å²) in [5.41, 5.74) is -1.00. The second-order valence-electron chi connectivity index (χ2n) is 27.9. The molecule has 0 aromatic carbocycles. The van der Waals surface area contributed by atoms with Crippen molar-refractivity contribution >= 4 is 11.9 Å². The molecule has 22 nitrogen and oxygen atoms in total. The molecule has 0 amide bonds. The van der Waals surface area contributed by atoms with Gasteiger partial charge in [0, 0.05) is 6.42 Å². The van der Waals surface area contributed by atoms with Gasteiger partial charge in [0.2, 0.25) is 6.29 Å². The summed E-state index contributed by atoms with van der Waals surface area (Å²) in [4.78, 5) is 27.9. The van der Waals surface area contributed by atoms with E-state index in [1.54, 1.807) is 6.92 Å². The lowest BCUT2D eigenvalue weighted by molar-refractivity contribution is -0.390. The van der Waals surface area contributed by atoms with Crippen LogP contribution in [-0.4, -0.2) is 211 Å². The van der Waals surface area contributed by atoms with Crippen LogP contribution in [0.3, 0.4) is 0 Å². The summed E-state index contributed by atoms with van der Waals surface area (Å²) in [5.74, 6) is -0.894. The summed E-state index contributed by atoms with van der Waals surface area (Å²) in [6, 6.07) is 0. The number of esters is 2. The van der Waals surface area contributed by atoms with Crippen LogP contribution < -0.4 is 0 Å². The molecule has 0 aromatic heterocycles. The van der Waals surface area contributed by atoms with Gasteiger partial charge in [0.25, 0.3) is 0 Å². The van der Waals surface area contributed by atoms with E-state index in [-0.39, 0.29) is 51.8 Å². The van der Waals surface area contributed by atoms with Crippen molar-refractivity contribution in [2.75, 3.05) is 19.8 Å². The molecule has 5 aliphatic carbocycles. The van der Waals surface area contributed by atoms with Gasteiger partial charge in [0.15, 0.2) is 31.1 Å². The van der Waals surface area contributed by atoms with Gasteiger partial charge >= 0.3 is 11.9 Å². The molecule has 0 bridgehead atoms. The molecule has 0 radical (unpaired) electrons. The molecule has 458 valence electrons. The van der Waals surface area contributed by atoms with Gasteiger partial charge < -0.3 is 98.8 Å². The highest BCUT2D eigenvalue weighted by Gasteiger charge is 2.70. The minimum atomic E-state index is -1.87. The maximum Gasteiger partial charge on any atom is 0.315 e. The maximum atomic E-state index is 15.1. The summed E-state index contributed by atoms with van der Waals surface area (Å²) in [6.45, 7) is 19.5. The topological polar surface area (TPSA) is 340 Å². The van der Waals surface area contributed by atoms with Crippen molar-refractivity contribution in [3.8, 4) is 0 Å². The zero-order valence-corrected chi connectivity index (χ0v) is 48.2. The Labute approximate surface area is 469 Å². The van der Waals surface area contributed by atoms with Crippen LogP contribution in [0, 0.1) is 56.2 Å². The molecule has 80 heavy (non-hydrogen) atoms. The predicted molar refractivity (Wildman–Crippen MR) is 279 cm³/mol. The van der Waals surface area contributed by atoms with Crippen LogP contribution >= 0.6 is 0 Å². The molecule has 27 atom stereocenters. The molecule has 8 fully saturated rings. The lowest BCUT2D eigenvalue weighted by Crippen LogP contribution is -2.68. The summed E-state index contributed by atoms with van der Waals surface area (Å²) in [6.07, 6.45) is -20.2. The number of aliphatic hydroxyl groups excluding tert-OH is 11. The summed E-state index contributed by atoms with van der Waals surface area (Å²) in [5, 5.41) is 119. The van der Waals surface area contributed by atoms with Gasteiger partial charge in [-0.3, -0.25) is 9.59 Å². The molecular weight excluding hydrogens is 1050 g/mol. The quantitative estimate of drug-likeness (QED) is 0.0702. The number of carbonyl (C=O) groups is 2. The molecular formula is C58H94O22. The third kappa shape index (κ3) is 10.7. The lowest BCUT2D eigenvalue weighted by Gasteiger charge is -2.71. The molecule has 27 unspecified atom stereocenters. The number of aliphatic hydroxyl groups is 11. The van der Waals surface area contributed by atoms with Gasteiger partial charge in [-0.1, -0.05) is 74.0 Å². The van der Waals surface area contributed by atoms with E-state index in [1.165, 1.54) is 5.57 Å². The lowest BCUT2D eigenvalue weighted by atomic mass is 9.33. The van der Waals surface area contributed by atoms with Gasteiger partial charge in [-0.2, -0.15) is 0 Å². The predicted octanol–water partition coefficient (Wildman–Crippen LogP) is 1.23. The monoisotopic (exact) mass is 1140 g/mol. The SMILES string of the molecule is CC(C)CC(=O)OC1C(O)C(C)OC(OC(=O)C23CCC(C)(C)CC2C2=CCC4C5(C)CCC(OC6OC(CO)C(OC7OC(CO)C(O)C(O)C7O)C(O)C6OC6OCC(O)C(O)C6O)C(C)(C)C5CCC4(C)C2(C)CC3)C1O. The number of hydrogen-bond donors (Lipinski definition) is 11. The highest BCUT2D eigenvalue weighted by Crippen LogP contribution is 2.76. The first-order chi connectivity index (χ1) is 37.4. The Morgan fingerprint density at radius 3 is 1.95 bits per heavy atom. The van der Waals surface area contributed by atoms with Crippen molar-refractivity contribution in [2.24, 2.45) is 56.2 Å². The van der Waals surface area contributed by atoms with Crippen LogP contribution in [0.25, 0.3) is 0 Å². The van der Waals surface area contributed by atoms with E-state index in [1.807, 2.05) is 13.8 Å². The van der Waals surface area contributed by atoms with Crippen LogP contribution in [0.1, 0.15) is 140 Å². The zero-order chi connectivity index (χ0) is 58.6. The molecule has 0 spiro atoms. The normalized spacial score (nSPS) is 50.9. The molecule has 11 N–H and O–H groups in total. The molecule has 4 saturated heterocycles. The van der Waals surface area contributed by atoms with Crippen LogP contribution in [0.2, 0.25) is 0 Å². The van der Waals surface area contributed by atoms with E-state index in [9.17, 15) is 61.0 Å². The van der Waals surface area contributed by atoms with Crippen molar-refractivity contribution in [3.05, 3.63) is 11.6 Å². The Morgan fingerprint density at radius 2 is 1.27 bits per heavy atom. The summed E-state index contributed by atoms with van der Waals surface area (Å²) >= 11 is 0. The number of allylic oxidation sites excluding steroid dienone is 2. The van der Waals surface area contributed by atoms with Crippen LogP contribution in [0.5, 0.6) is 0 Å². The average molecular weight is 1140 g/mol. The molecule has 0 aromatic rings. The Kier molecular flexibility index (Phi) is 18.0.